The van der Waals surface area contributed by atoms with Gasteiger partial charge in [0.25, 0.3) is 5.91 Å². The van der Waals surface area contributed by atoms with Crippen LogP contribution in [0.4, 0.5) is 0 Å². The summed E-state index contributed by atoms with van der Waals surface area (Å²) in [7, 11) is 0. The Bertz CT molecular complexity index is 1010. The second-order valence-electron chi connectivity index (χ2n) is 7.86. The summed E-state index contributed by atoms with van der Waals surface area (Å²) >= 11 is 0. The second-order valence-corrected chi connectivity index (χ2v) is 7.86. The summed E-state index contributed by atoms with van der Waals surface area (Å²) in [5, 5.41) is 4.97. The zero-order chi connectivity index (χ0) is 19.8. The normalized spacial score (nSPS) is 20.4. The lowest BCUT2D eigenvalue weighted by atomic mass is 10.1. The summed E-state index contributed by atoms with van der Waals surface area (Å²) in [6, 6.07) is 10.4. The van der Waals surface area contributed by atoms with Crippen LogP contribution in [-0.2, 0) is 4.74 Å². The van der Waals surface area contributed by atoms with E-state index in [1.165, 1.54) is 5.52 Å². The van der Waals surface area contributed by atoms with Crippen molar-refractivity contribution >= 4 is 16.8 Å². The van der Waals surface area contributed by atoms with Crippen LogP contribution >= 0.6 is 0 Å². The lowest BCUT2D eigenvalue weighted by molar-refractivity contribution is 0.0588. The monoisotopic (exact) mass is 395 g/mol. The fourth-order valence-electron chi connectivity index (χ4n) is 4.31. The smallest absolute Gasteiger partial charge is 0.276 e. The number of likely N-dealkylation sites (tertiary alicyclic amines) is 1. The van der Waals surface area contributed by atoms with Gasteiger partial charge in [0.2, 0.25) is 0 Å². The number of benzene rings is 1. The zero-order valence-corrected chi connectivity index (χ0v) is 16.5. The van der Waals surface area contributed by atoms with E-state index in [1.54, 1.807) is 13.0 Å². The van der Waals surface area contributed by atoms with Gasteiger partial charge in [-0.25, -0.2) is 0 Å². The maximum Gasteiger partial charge on any atom is 0.276 e. The Morgan fingerprint density at radius 1 is 1.21 bits per heavy atom. The number of hydrogen-bond acceptors (Lipinski definition) is 5. The van der Waals surface area contributed by atoms with Gasteiger partial charge in [-0.15, -0.1) is 0 Å². The molecule has 1 aromatic carbocycles. The average Bonchev–Trinajstić information content (AvgIpc) is 3.48. The molecule has 5 rings (SSSR count). The lowest BCUT2D eigenvalue weighted by Gasteiger charge is -2.31. The molecule has 4 heterocycles. The molecule has 2 saturated heterocycles. The summed E-state index contributed by atoms with van der Waals surface area (Å²) in [6.45, 7) is 4.70. The number of carbonyl (C=O) groups excluding carboxylic acids is 1. The molecule has 0 bridgehead atoms. The van der Waals surface area contributed by atoms with Crippen molar-refractivity contribution in [2.45, 2.75) is 38.3 Å². The predicted molar refractivity (Wildman–Crippen MR) is 107 cm³/mol. The Morgan fingerprint density at radius 2 is 2.07 bits per heavy atom. The number of fused-ring (bicyclic) bond motifs is 1. The molecule has 3 aromatic rings. The molecule has 1 atom stereocenters. The van der Waals surface area contributed by atoms with Crippen molar-refractivity contribution in [2.24, 2.45) is 0 Å². The van der Waals surface area contributed by atoms with Gasteiger partial charge in [-0.3, -0.25) is 4.79 Å². The molecule has 1 amide bonds. The minimum Gasteiger partial charge on any atom is -0.490 e. The Hall–Kier alpha value is -2.80. The quantitative estimate of drug-likeness (QED) is 0.675. The summed E-state index contributed by atoms with van der Waals surface area (Å²) in [4.78, 5) is 14.4. The molecule has 29 heavy (non-hydrogen) atoms. The SMILES string of the molecule is Cc1cc(C(=O)N2CCC(Oc3cccc4c3ccn4C3CCOC3)CC2)no1. The van der Waals surface area contributed by atoms with Crippen molar-refractivity contribution < 1.29 is 18.8 Å². The highest BCUT2D eigenvalue weighted by Crippen LogP contribution is 2.32. The minimum absolute atomic E-state index is 0.0711. The molecule has 0 aliphatic carbocycles. The van der Waals surface area contributed by atoms with Gasteiger partial charge >= 0.3 is 0 Å². The van der Waals surface area contributed by atoms with Gasteiger partial charge in [0.15, 0.2) is 5.69 Å². The fourth-order valence-corrected chi connectivity index (χ4v) is 4.31. The van der Waals surface area contributed by atoms with E-state index in [0.29, 0.717) is 30.6 Å². The van der Waals surface area contributed by atoms with E-state index in [1.807, 2.05) is 11.0 Å². The van der Waals surface area contributed by atoms with E-state index in [2.05, 4.69) is 34.1 Å². The molecule has 7 heteroatoms. The summed E-state index contributed by atoms with van der Waals surface area (Å²) in [6.07, 6.45) is 4.89. The van der Waals surface area contributed by atoms with Crippen LogP contribution in [0.1, 0.15) is 41.6 Å². The number of hydrogen-bond donors (Lipinski definition) is 0. The van der Waals surface area contributed by atoms with E-state index < -0.39 is 0 Å². The maximum atomic E-state index is 12.5. The fraction of sp³-hybridized carbons (Fsp3) is 0.455. The zero-order valence-electron chi connectivity index (χ0n) is 16.5. The third kappa shape index (κ3) is 3.51. The van der Waals surface area contributed by atoms with Crippen LogP contribution in [0.25, 0.3) is 10.9 Å². The van der Waals surface area contributed by atoms with Crippen LogP contribution < -0.4 is 4.74 Å². The van der Waals surface area contributed by atoms with Crippen molar-refractivity contribution in [1.29, 1.82) is 0 Å². The van der Waals surface area contributed by atoms with E-state index in [-0.39, 0.29) is 12.0 Å². The van der Waals surface area contributed by atoms with Crippen LogP contribution in [0.15, 0.2) is 41.1 Å². The van der Waals surface area contributed by atoms with Crippen LogP contribution in [0.2, 0.25) is 0 Å². The Labute approximate surface area is 169 Å². The molecule has 1 unspecified atom stereocenters. The molecule has 2 fully saturated rings. The minimum atomic E-state index is -0.0711. The first-order chi connectivity index (χ1) is 14.2. The first kappa shape index (κ1) is 18.2. The highest BCUT2D eigenvalue weighted by molar-refractivity contribution is 5.92. The molecular formula is C22H25N3O4. The summed E-state index contributed by atoms with van der Waals surface area (Å²) in [5.74, 6) is 1.49. The molecule has 0 saturated carbocycles. The van der Waals surface area contributed by atoms with E-state index >= 15 is 0 Å². The number of aromatic nitrogens is 2. The molecule has 2 aliphatic rings. The van der Waals surface area contributed by atoms with E-state index in [4.69, 9.17) is 14.0 Å². The molecule has 2 aromatic heterocycles. The van der Waals surface area contributed by atoms with Crippen molar-refractivity contribution in [3.8, 4) is 5.75 Å². The summed E-state index contributed by atoms with van der Waals surface area (Å²) < 4.78 is 19.2. The van der Waals surface area contributed by atoms with Crippen molar-refractivity contribution in [2.75, 3.05) is 26.3 Å². The predicted octanol–water partition coefficient (Wildman–Crippen LogP) is 3.58. The summed E-state index contributed by atoms with van der Waals surface area (Å²) in [5.41, 5.74) is 1.57. The average molecular weight is 395 g/mol. The van der Waals surface area contributed by atoms with Gasteiger partial charge in [0, 0.05) is 50.2 Å². The van der Waals surface area contributed by atoms with E-state index in [9.17, 15) is 4.79 Å². The Kier molecular flexibility index (Phi) is 4.75. The topological polar surface area (TPSA) is 69.7 Å². The molecule has 0 spiro atoms. The lowest BCUT2D eigenvalue weighted by Crippen LogP contribution is -2.41. The third-order valence-electron chi connectivity index (χ3n) is 5.89. The number of piperidine rings is 1. The van der Waals surface area contributed by atoms with Crippen molar-refractivity contribution in [1.82, 2.24) is 14.6 Å². The third-order valence-corrected chi connectivity index (χ3v) is 5.89. The van der Waals surface area contributed by atoms with Crippen LogP contribution in [0.5, 0.6) is 5.75 Å². The van der Waals surface area contributed by atoms with Gasteiger partial charge in [-0.2, -0.15) is 0 Å². The number of nitrogens with zero attached hydrogens (tertiary/aromatic N) is 3. The highest BCUT2D eigenvalue weighted by atomic mass is 16.5. The van der Waals surface area contributed by atoms with Crippen LogP contribution in [0, 0.1) is 6.92 Å². The highest BCUT2D eigenvalue weighted by Gasteiger charge is 2.27. The number of carbonyl (C=O) groups is 1. The van der Waals surface area contributed by atoms with E-state index in [0.717, 1.165) is 43.6 Å². The Morgan fingerprint density at radius 3 is 2.79 bits per heavy atom. The number of amides is 1. The number of ether oxygens (including phenoxy) is 2. The number of aryl methyl sites for hydroxylation is 1. The molecule has 0 radical (unpaired) electrons. The van der Waals surface area contributed by atoms with Crippen molar-refractivity contribution in [3.63, 3.8) is 0 Å². The van der Waals surface area contributed by atoms with Crippen LogP contribution in [0.3, 0.4) is 0 Å². The molecule has 2 aliphatic heterocycles. The standard InChI is InChI=1S/C22H25N3O4/c1-15-13-19(23-29-15)22(26)24-9-5-17(6-10-24)28-21-4-2-3-20-18(21)7-11-25(20)16-8-12-27-14-16/h2-4,7,11,13,16-17H,5-6,8-10,12,14H2,1H3. The number of rotatable bonds is 4. The largest absolute Gasteiger partial charge is 0.490 e. The van der Waals surface area contributed by atoms with Gasteiger partial charge < -0.3 is 23.5 Å². The molecule has 7 nitrogen and oxygen atoms in total. The van der Waals surface area contributed by atoms with Gasteiger partial charge in [-0.1, -0.05) is 11.2 Å². The molecular weight excluding hydrogens is 370 g/mol. The first-order valence-corrected chi connectivity index (χ1v) is 10.3. The van der Waals surface area contributed by atoms with Crippen molar-refractivity contribution in [3.05, 3.63) is 48.0 Å². The van der Waals surface area contributed by atoms with Gasteiger partial charge in [-0.05, 0) is 31.5 Å². The maximum absolute atomic E-state index is 12.5. The Balaban J connectivity index is 1.26. The molecule has 0 N–H and O–H groups in total. The second kappa shape index (κ2) is 7.55. The van der Waals surface area contributed by atoms with Crippen LogP contribution in [-0.4, -0.2) is 52.9 Å². The first-order valence-electron chi connectivity index (χ1n) is 10.3. The van der Waals surface area contributed by atoms with Gasteiger partial charge in [0.1, 0.15) is 17.6 Å². The van der Waals surface area contributed by atoms with Gasteiger partial charge in [0.05, 0.1) is 18.2 Å². The molecule has 152 valence electrons.